The van der Waals surface area contributed by atoms with Crippen LogP contribution in [0.2, 0.25) is 0 Å². The van der Waals surface area contributed by atoms with Crippen LogP contribution in [0.4, 0.5) is 4.79 Å². The first kappa shape index (κ1) is 29.5. The monoisotopic (exact) mass is 545 g/mol. The number of ether oxygens (including phenoxy) is 3. The maximum Gasteiger partial charge on any atom is 0.410 e. The zero-order valence-electron chi connectivity index (χ0n) is 23.4. The Morgan fingerprint density at radius 3 is 1.89 bits per heavy atom. The van der Waals surface area contributed by atoms with Crippen LogP contribution in [-0.4, -0.2) is 55.4 Å². The number of rotatable bonds is 5. The second kappa shape index (κ2) is 11.0. The number of amides is 1. The Balaban J connectivity index is 1.97. The Morgan fingerprint density at radius 1 is 0.842 bits per heavy atom. The molecule has 2 aromatic rings. The highest BCUT2D eigenvalue weighted by molar-refractivity contribution is 7.92. The van der Waals surface area contributed by atoms with Crippen molar-refractivity contribution in [1.29, 1.82) is 0 Å². The maximum absolute atomic E-state index is 13.9. The maximum atomic E-state index is 13.9. The molecule has 1 aliphatic heterocycles. The first-order valence-corrected chi connectivity index (χ1v) is 14.4. The predicted octanol–water partition coefficient (Wildman–Crippen LogP) is 5.77. The highest BCUT2D eigenvalue weighted by atomic mass is 32.2. The molecule has 1 atom stereocenters. The highest BCUT2D eigenvalue weighted by Gasteiger charge is 2.50. The summed E-state index contributed by atoms with van der Waals surface area (Å²) >= 11 is 0. The van der Waals surface area contributed by atoms with Gasteiger partial charge in [0.25, 0.3) is 0 Å². The van der Waals surface area contributed by atoms with Crippen LogP contribution in [0.5, 0.6) is 11.5 Å². The van der Waals surface area contributed by atoms with Crippen LogP contribution in [0, 0.1) is 6.92 Å². The molecule has 0 N–H and O–H groups in total. The van der Waals surface area contributed by atoms with E-state index in [9.17, 15) is 18.0 Å². The zero-order valence-corrected chi connectivity index (χ0v) is 24.2. The van der Waals surface area contributed by atoms with Crippen LogP contribution in [-0.2, 0) is 28.9 Å². The van der Waals surface area contributed by atoms with Crippen LogP contribution in [0.25, 0.3) is 0 Å². The Morgan fingerprint density at radius 2 is 1.37 bits per heavy atom. The number of sulfone groups is 1. The Labute approximate surface area is 226 Å². The van der Waals surface area contributed by atoms with Gasteiger partial charge in [0.05, 0.1) is 12.2 Å². The van der Waals surface area contributed by atoms with Crippen LogP contribution in [0.3, 0.4) is 0 Å². The summed E-state index contributed by atoms with van der Waals surface area (Å²) in [5.41, 5.74) is 0.0610. The van der Waals surface area contributed by atoms with E-state index in [1.54, 1.807) is 65.8 Å². The Bertz CT molecular complexity index is 1240. The van der Waals surface area contributed by atoms with Crippen LogP contribution in [0.15, 0.2) is 48.5 Å². The summed E-state index contributed by atoms with van der Waals surface area (Å²) in [6.07, 6.45) is -0.929. The van der Waals surface area contributed by atoms with Gasteiger partial charge in [0.15, 0.2) is 9.84 Å². The Hall–Kier alpha value is -3.07. The Kier molecular flexibility index (Phi) is 8.51. The summed E-state index contributed by atoms with van der Waals surface area (Å²) in [6.45, 7) is 12.5. The minimum Gasteiger partial charge on any atom is -0.460 e. The molecule has 2 aromatic carbocycles. The summed E-state index contributed by atoms with van der Waals surface area (Å²) in [4.78, 5) is 27.2. The average Bonchev–Trinajstić information content (AvgIpc) is 2.90. The fourth-order valence-electron chi connectivity index (χ4n) is 4.32. The molecular formula is C29H39NO7S. The van der Waals surface area contributed by atoms with Crippen molar-refractivity contribution in [3.05, 3.63) is 59.7 Å². The van der Waals surface area contributed by atoms with Gasteiger partial charge in [0.2, 0.25) is 0 Å². The van der Waals surface area contributed by atoms with E-state index in [2.05, 4.69) is 0 Å². The number of hydrogen-bond acceptors (Lipinski definition) is 7. The van der Waals surface area contributed by atoms with Crippen molar-refractivity contribution in [1.82, 2.24) is 4.90 Å². The van der Waals surface area contributed by atoms with Crippen molar-refractivity contribution in [2.75, 3.05) is 18.8 Å². The molecule has 38 heavy (non-hydrogen) atoms. The smallest absolute Gasteiger partial charge is 0.410 e. The van der Waals surface area contributed by atoms with E-state index in [1.165, 1.54) is 4.90 Å². The summed E-state index contributed by atoms with van der Waals surface area (Å²) in [6, 6.07) is 14.3. The highest BCUT2D eigenvalue weighted by Crippen LogP contribution is 2.42. The number of esters is 1. The van der Waals surface area contributed by atoms with E-state index in [-0.39, 0.29) is 31.7 Å². The van der Waals surface area contributed by atoms with Crippen molar-refractivity contribution in [2.24, 2.45) is 0 Å². The lowest BCUT2D eigenvalue weighted by Crippen LogP contribution is -2.41. The SMILES string of the molecule is Cc1ccc(Oc2ccc(C3(CC(=O)OC(C)(C)C)CCN(C(=O)OC(C)(C)C)CCS3(=O)=O)cc2)cc1. The lowest BCUT2D eigenvalue weighted by molar-refractivity contribution is -0.155. The minimum absolute atomic E-state index is 0.0198. The molecule has 1 fully saturated rings. The third kappa shape index (κ3) is 7.49. The molecule has 0 bridgehead atoms. The number of nitrogens with zero attached hydrogens (tertiary/aromatic N) is 1. The summed E-state index contributed by atoms with van der Waals surface area (Å²) in [7, 11) is -3.90. The molecule has 208 valence electrons. The molecule has 9 heteroatoms. The molecule has 8 nitrogen and oxygen atoms in total. The van der Waals surface area contributed by atoms with E-state index in [4.69, 9.17) is 14.2 Å². The van der Waals surface area contributed by atoms with Gasteiger partial charge in [-0.15, -0.1) is 0 Å². The molecule has 3 rings (SSSR count). The average molecular weight is 546 g/mol. The largest absolute Gasteiger partial charge is 0.460 e. The first-order valence-electron chi connectivity index (χ1n) is 12.8. The van der Waals surface area contributed by atoms with Crippen LogP contribution in [0.1, 0.15) is 65.5 Å². The van der Waals surface area contributed by atoms with Crippen LogP contribution >= 0.6 is 0 Å². The third-order valence-corrected chi connectivity index (χ3v) is 8.64. The van der Waals surface area contributed by atoms with Gasteiger partial charge in [0.1, 0.15) is 27.4 Å². The molecule has 0 saturated carbocycles. The summed E-state index contributed by atoms with van der Waals surface area (Å²) < 4.78 is 43.1. The molecule has 1 amide bonds. The number of carbonyl (C=O) groups excluding carboxylic acids is 2. The molecule has 1 aliphatic rings. The molecular weight excluding hydrogens is 506 g/mol. The lowest BCUT2D eigenvalue weighted by atomic mass is 9.90. The normalized spacial score (nSPS) is 19.8. The van der Waals surface area contributed by atoms with Gasteiger partial charge < -0.3 is 19.1 Å². The summed E-state index contributed by atoms with van der Waals surface area (Å²) in [5.74, 6) is 0.261. The van der Waals surface area contributed by atoms with Crippen molar-refractivity contribution in [3.63, 3.8) is 0 Å². The van der Waals surface area contributed by atoms with E-state index >= 15 is 0 Å². The molecule has 0 spiro atoms. The van der Waals surface area contributed by atoms with Crippen molar-refractivity contribution in [3.8, 4) is 11.5 Å². The van der Waals surface area contributed by atoms with Crippen molar-refractivity contribution in [2.45, 2.75) is 77.3 Å². The van der Waals surface area contributed by atoms with E-state index in [0.717, 1.165) is 5.56 Å². The summed E-state index contributed by atoms with van der Waals surface area (Å²) in [5, 5.41) is 0. The molecule has 0 aromatic heterocycles. The molecule has 1 heterocycles. The first-order chi connectivity index (χ1) is 17.5. The van der Waals surface area contributed by atoms with Gasteiger partial charge in [-0.2, -0.15) is 0 Å². The van der Waals surface area contributed by atoms with Gasteiger partial charge in [-0.25, -0.2) is 13.2 Å². The number of benzene rings is 2. The number of carbonyl (C=O) groups is 2. The van der Waals surface area contributed by atoms with Gasteiger partial charge in [-0.3, -0.25) is 4.79 Å². The second-order valence-electron chi connectivity index (χ2n) is 11.7. The predicted molar refractivity (Wildman–Crippen MR) is 146 cm³/mol. The van der Waals surface area contributed by atoms with E-state index in [0.29, 0.717) is 17.1 Å². The minimum atomic E-state index is -3.90. The van der Waals surface area contributed by atoms with Gasteiger partial charge in [-0.05, 0) is 84.7 Å². The van der Waals surface area contributed by atoms with Crippen molar-refractivity contribution >= 4 is 21.9 Å². The third-order valence-electron chi connectivity index (χ3n) is 6.15. The van der Waals surface area contributed by atoms with Gasteiger partial charge in [-0.1, -0.05) is 29.8 Å². The molecule has 1 unspecified atom stereocenters. The quantitative estimate of drug-likeness (QED) is 0.440. The number of hydrogen-bond donors (Lipinski definition) is 0. The molecule has 0 radical (unpaired) electrons. The topological polar surface area (TPSA) is 99.2 Å². The van der Waals surface area contributed by atoms with Crippen LogP contribution < -0.4 is 4.74 Å². The fourth-order valence-corrected chi connectivity index (χ4v) is 6.41. The van der Waals surface area contributed by atoms with E-state index in [1.807, 2.05) is 31.2 Å². The van der Waals surface area contributed by atoms with Crippen molar-refractivity contribution < 1.29 is 32.2 Å². The van der Waals surface area contributed by atoms with Gasteiger partial charge in [0, 0.05) is 13.1 Å². The fraction of sp³-hybridized carbons (Fsp3) is 0.517. The zero-order chi connectivity index (χ0) is 28.4. The van der Waals surface area contributed by atoms with Gasteiger partial charge >= 0.3 is 12.1 Å². The second-order valence-corrected chi connectivity index (χ2v) is 14.2. The standard InChI is InChI=1S/C29H39NO7S/c1-21-8-12-23(13-9-21)35-24-14-10-22(11-15-24)29(20-25(31)36-27(2,3)4)16-17-30(18-19-38(29,33)34)26(32)37-28(5,6)7/h8-15H,16-20H2,1-7H3. The molecule has 0 aliphatic carbocycles. The lowest BCUT2D eigenvalue weighted by Gasteiger charge is -2.33. The number of aryl methyl sites for hydroxylation is 1. The van der Waals surface area contributed by atoms with E-state index < -0.39 is 37.8 Å². The molecule has 1 saturated heterocycles.